The smallest absolute Gasteiger partial charge is 0.287 e. The Hall–Kier alpha value is -0.670. The lowest BCUT2D eigenvalue weighted by Crippen LogP contribution is -2.31. The van der Waals surface area contributed by atoms with Crippen LogP contribution in [0, 0.1) is 0 Å². The lowest BCUT2D eigenvalue weighted by Gasteiger charge is -2.32. The Bertz CT molecular complexity index is 553. The molecule has 4 nitrogen and oxygen atoms in total. The van der Waals surface area contributed by atoms with Gasteiger partial charge in [-0.25, -0.2) is 4.57 Å². The van der Waals surface area contributed by atoms with E-state index in [1.165, 1.54) is 5.56 Å². The molecule has 0 amide bonds. The topological polar surface area (TPSA) is 44.8 Å². The summed E-state index contributed by atoms with van der Waals surface area (Å²) in [7, 11) is -3.59. The summed E-state index contributed by atoms with van der Waals surface area (Å²) in [6, 6.07) is 10.3. The van der Waals surface area contributed by atoms with E-state index in [9.17, 15) is 4.57 Å². The van der Waals surface area contributed by atoms with E-state index in [0.717, 1.165) is 51.4 Å². The predicted molar refractivity (Wildman–Crippen MR) is 106 cm³/mol. The van der Waals surface area contributed by atoms with Crippen LogP contribution in [-0.2, 0) is 24.6 Å². The van der Waals surface area contributed by atoms with Crippen molar-refractivity contribution in [3.05, 3.63) is 35.9 Å². The molecule has 0 aliphatic carbocycles. The van der Waals surface area contributed by atoms with E-state index in [2.05, 4.69) is 39.8 Å². The molecule has 0 N–H and O–H groups in total. The van der Waals surface area contributed by atoms with Gasteiger partial charge in [0.1, 0.15) is 0 Å². The summed E-state index contributed by atoms with van der Waals surface area (Å²) in [5, 5.41) is 0. The van der Waals surface area contributed by atoms with Gasteiger partial charge >= 0.3 is 7.82 Å². The molecule has 0 saturated carbocycles. The molecular formula is C21H35O4P. The van der Waals surface area contributed by atoms with Gasteiger partial charge in [0, 0.05) is 0 Å². The molecule has 1 aliphatic heterocycles. The van der Waals surface area contributed by atoms with Crippen LogP contribution in [-0.4, -0.2) is 17.8 Å². The normalized spacial score (nSPS) is 21.2. The molecule has 148 valence electrons. The highest BCUT2D eigenvalue weighted by molar-refractivity contribution is 7.48. The van der Waals surface area contributed by atoms with Crippen molar-refractivity contribution in [1.82, 2.24) is 0 Å². The zero-order chi connectivity index (χ0) is 19.1. The first kappa shape index (κ1) is 21.6. The Labute approximate surface area is 159 Å². The molecule has 1 saturated heterocycles. The van der Waals surface area contributed by atoms with E-state index in [4.69, 9.17) is 13.6 Å². The summed E-state index contributed by atoms with van der Waals surface area (Å²) in [6.07, 6.45) is 6.65. The minimum Gasteiger partial charge on any atom is -0.287 e. The molecule has 5 heteroatoms. The van der Waals surface area contributed by atoms with E-state index < -0.39 is 19.0 Å². The summed E-state index contributed by atoms with van der Waals surface area (Å²) in [6.45, 7) is 8.74. The summed E-state index contributed by atoms with van der Waals surface area (Å²) < 4.78 is 31.5. The summed E-state index contributed by atoms with van der Waals surface area (Å²) >= 11 is 0. The molecule has 2 rings (SSSR count). The maximum atomic E-state index is 13.5. The van der Waals surface area contributed by atoms with Gasteiger partial charge in [-0.3, -0.25) is 13.6 Å². The average molecular weight is 382 g/mol. The van der Waals surface area contributed by atoms with Gasteiger partial charge in [-0.05, 0) is 56.9 Å². The van der Waals surface area contributed by atoms with E-state index in [-0.39, 0.29) is 0 Å². The van der Waals surface area contributed by atoms with Crippen LogP contribution in [0.2, 0.25) is 0 Å². The summed E-state index contributed by atoms with van der Waals surface area (Å²) in [5.41, 5.74) is 0.423. The summed E-state index contributed by atoms with van der Waals surface area (Å²) in [5.74, 6) is 0. The lowest BCUT2D eigenvalue weighted by molar-refractivity contribution is -0.00497. The predicted octanol–water partition coefficient (Wildman–Crippen LogP) is 6.69. The number of phosphoric ester groups is 1. The van der Waals surface area contributed by atoms with Crippen LogP contribution in [0.5, 0.6) is 0 Å². The van der Waals surface area contributed by atoms with Crippen molar-refractivity contribution >= 4 is 7.82 Å². The molecule has 0 aromatic heterocycles. The van der Waals surface area contributed by atoms with Crippen molar-refractivity contribution in [2.24, 2.45) is 0 Å². The van der Waals surface area contributed by atoms with Gasteiger partial charge in [0.2, 0.25) is 0 Å². The van der Waals surface area contributed by atoms with Gasteiger partial charge in [-0.2, -0.15) is 0 Å². The van der Waals surface area contributed by atoms with E-state index in [1.807, 2.05) is 18.2 Å². The number of hydrogen-bond donors (Lipinski definition) is 0. The van der Waals surface area contributed by atoms with Gasteiger partial charge < -0.3 is 0 Å². The Morgan fingerprint density at radius 3 is 1.88 bits per heavy atom. The maximum absolute atomic E-state index is 13.5. The standard InChI is InChI=1S/C21H35O4P/c1-5-20(6-2)16-17-21(7-3,8-4)25-26(22,24-20)23-18-12-15-19-13-10-9-11-14-19/h9-11,13-14H,5-8,12,15-18H2,1-4H3. The van der Waals surface area contributed by atoms with Crippen molar-refractivity contribution in [2.45, 2.75) is 90.3 Å². The van der Waals surface area contributed by atoms with Gasteiger partial charge in [-0.1, -0.05) is 58.0 Å². The van der Waals surface area contributed by atoms with E-state index in [0.29, 0.717) is 6.61 Å². The zero-order valence-corrected chi connectivity index (χ0v) is 17.7. The van der Waals surface area contributed by atoms with Crippen molar-refractivity contribution in [1.29, 1.82) is 0 Å². The Morgan fingerprint density at radius 1 is 0.923 bits per heavy atom. The Kier molecular flexibility index (Phi) is 7.90. The Morgan fingerprint density at radius 2 is 1.42 bits per heavy atom. The first-order valence-corrected chi connectivity index (χ1v) is 11.6. The van der Waals surface area contributed by atoms with Crippen molar-refractivity contribution < 1.29 is 18.1 Å². The molecule has 0 spiro atoms. The molecule has 1 aromatic rings. The van der Waals surface area contributed by atoms with Gasteiger partial charge in [-0.15, -0.1) is 0 Å². The number of aryl methyl sites for hydroxylation is 1. The van der Waals surface area contributed by atoms with Crippen LogP contribution in [0.15, 0.2) is 30.3 Å². The molecule has 1 aromatic carbocycles. The third-order valence-corrected chi connectivity index (χ3v) is 7.65. The fraction of sp³-hybridized carbons (Fsp3) is 0.714. The van der Waals surface area contributed by atoms with Crippen molar-refractivity contribution in [2.75, 3.05) is 6.61 Å². The molecule has 0 atom stereocenters. The second-order valence-corrected chi connectivity index (χ2v) is 8.85. The van der Waals surface area contributed by atoms with Gasteiger partial charge in [0.25, 0.3) is 0 Å². The number of hydrogen-bond acceptors (Lipinski definition) is 4. The van der Waals surface area contributed by atoms with E-state index >= 15 is 0 Å². The quantitative estimate of drug-likeness (QED) is 0.352. The lowest BCUT2D eigenvalue weighted by atomic mass is 9.84. The molecular weight excluding hydrogens is 347 g/mol. The number of benzene rings is 1. The molecule has 1 heterocycles. The second kappa shape index (κ2) is 9.50. The SMILES string of the molecule is CCC1(CC)CCC(CC)(CC)OP(=O)(OCCCc2ccccc2)O1. The highest BCUT2D eigenvalue weighted by Gasteiger charge is 2.49. The second-order valence-electron chi connectivity index (χ2n) is 7.33. The largest absolute Gasteiger partial charge is 0.475 e. The fourth-order valence-corrected chi connectivity index (χ4v) is 5.80. The molecule has 1 fully saturated rings. The molecule has 0 bridgehead atoms. The minimum absolute atomic E-state index is 0.374. The average Bonchev–Trinajstić information content (AvgIpc) is 2.81. The van der Waals surface area contributed by atoms with Crippen molar-refractivity contribution in [3.8, 4) is 0 Å². The maximum Gasteiger partial charge on any atom is 0.475 e. The number of rotatable bonds is 9. The fourth-order valence-electron chi connectivity index (χ4n) is 3.66. The zero-order valence-electron chi connectivity index (χ0n) is 16.8. The molecule has 0 unspecified atom stereocenters. The number of phosphoric acid groups is 1. The van der Waals surface area contributed by atoms with Crippen LogP contribution in [0.4, 0.5) is 0 Å². The molecule has 1 aliphatic rings. The van der Waals surface area contributed by atoms with Crippen LogP contribution in [0.3, 0.4) is 0 Å². The molecule has 0 radical (unpaired) electrons. The van der Waals surface area contributed by atoms with Crippen molar-refractivity contribution in [3.63, 3.8) is 0 Å². The minimum atomic E-state index is -3.59. The van der Waals surface area contributed by atoms with Crippen LogP contribution in [0.25, 0.3) is 0 Å². The van der Waals surface area contributed by atoms with E-state index in [1.54, 1.807) is 0 Å². The van der Waals surface area contributed by atoms with Gasteiger partial charge in [0.05, 0.1) is 17.8 Å². The van der Waals surface area contributed by atoms with Crippen LogP contribution in [0.1, 0.15) is 78.2 Å². The van der Waals surface area contributed by atoms with Crippen LogP contribution < -0.4 is 0 Å². The first-order chi connectivity index (χ1) is 12.4. The summed E-state index contributed by atoms with van der Waals surface area (Å²) in [4.78, 5) is 0. The highest BCUT2D eigenvalue weighted by atomic mass is 31.2. The Balaban J connectivity index is 2.06. The highest BCUT2D eigenvalue weighted by Crippen LogP contribution is 2.61. The first-order valence-electron chi connectivity index (χ1n) is 10.1. The van der Waals surface area contributed by atoms with Gasteiger partial charge in [0.15, 0.2) is 0 Å². The third-order valence-electron chi connectivity index (χ3n) is 5.93. The monoisotopic (exact) mass is 382 g/mol. The molecule has 26 heavy (non-hydrogen) atoms. The third kappa shape index (κ3) is 5.42. The van der Waals surface area contributed by atoms with Crippen LogP contribution >= 0.6 is 7.82 Å².